The summed E-state index contributed by atoms with van der Waals surface area (Å²) in [5.74, 6) is -0.273. The summed E-state index contributed by atoms with van der Waals surface area (Å²) in [6.45, 7) is 5.41. The summed E-state index contributed by atoms with van der Waals surface area (Å²) in [6.07, 6.45) is -4.38. The molecule has 0 heterocycles. The topological polar surface area (TPSA) is 41.1 Å². The SMILES string of the molecule is CC(C)(C)NC(=O)CNc1cccc(C(F)(F)F)c1. The number of rotatable bonds is 3. The predicted molar refractivity (Wildman–Crippen MR) is 67.8 cm³/mol. The van der Waals surface area contributed by atoms with Crippen LogP contribution in [0.3, 0.4) is 0 Å². The van der Waals surface area contributed by atoms with Gasteiger partial charge in [-0.3, -0.25) is 4.79 Å². The number of alkyl halides is 3. The number of hydrogen-bond donors (Lipinski definition) is 2. The highest BCUT2D eigenvalue weighted by Crippen LogP contribution is 2.30. The number of amides is 1. The Morgan fingerprint density at radius 1 is 1.21 bits per heavy atom. The molecule has 2 N–H and O–H groups in total. The largest absolute Gasteiger partial charge is 0.416 e. The van der Waals surface area contributed by atoms with Crippen molar-refractivity contribution in [2.24, 2.45) is 0 Å². The molecule has 0 saturated carbocycles. The van der Waals surface area contributed by atoms with E-state index in [1.54, 1.807) is 0 Å². The van der Waals surface area contributed by atoms with Crippen LogP contribution >= 0.6 is 0 Å². The molecular weight excluding hydrogens is 257 g/mol. The summed E-state index contributed by atoms with van der Waals surface area (Å²) in [6, 6.07) is 4.75. The smallest absolute Gasteiger partial charge is 0.376 e. The highest BCUT2D eigenvalue weighted by Gasteiger charge is 2.30. The summed E-state index contributed by atoms with van der Waals surface area (Å²) in [7, 11) is 0. The number of carbonyl (C=O) groups is 1. The summed E-state index contributed by atoms with van der Waals surface area (Å²) in [4.78, 5) is 11.5. The molecule has 1 amide bonds. The lowest BCUT2D eigenvalue weighted by Gasteiger charge is -2.20. The van der Waals surface area contributed by atoms with Crippen LogP contribution in [0.2, 0.25) is 0 Å². The predicted octanol–water partition coefficient (Wildman–Crippen LogP) is 3.03. The number of nitrogens with one attached hydrogen (secondary N) is 2. The lowest BCUT2D eigenvalue weighted by molar-refractivity contribution is -0.137. The van der Waals surface area contributed by atoms with Gasteiger partial charge in [0.15, 0.2) is 0 Å². The third kappa shape index (κ3) is 5.63. The molecule has 3 nitrogen and oxygen atoms in total. The van der Waals surface area contributed by atoms with E-state index >= 15 is 0 Å². The number of carbonyl (C=O) groups excluding carboxylic acids is 1. The molecule has 0 saturated heterocycles. The second-order valence-electron chi connectivity index (χ2n) is 5.23. The van der Waals surface area contributed by atoms with Crippen molar-refractivity contribution in [2.75, 3.05) is 11.9 Å². The van der Waals surface area contributed by atoms with E-state index in [1.807, 2.05) is 20.8 Å². The van der Waals surface area contributed by atoms with Crippen LogP contribution in [0.5, 0.6) is 0 Å². The van der Waals surface area contributed by atoms with Crippen LogP contribution in [0.1, 0.15) is 26.3 Å². The maximum absolute atomic E-state index is 12.5. The van der Waals surface area contributed by atoms with Gasteiger partial charge in [-0.15, -0.1) is 0 Å². The van der Waals surface area contributed by atoms with Crippen molar-refractivity contribution in [2.45, 2.75) is 32.5 Å². The van der Waals surface area contributed by atoms with Crippen LogP contribution in [0, 0.1) is 0 Å². The maximum atomic E-state index is 12.5. The molecule has 0 spiro atoms. The molecule has 0 aliphatic rings. The van der Waals surface area contributed by atoms with Gasteiger partial charge in [-0.05, 0) is 39.0 Å². The number of anilines is 1. The van der Waals surface area contributed by atoms with Gasteiger partial charge in [0.2, 0.25) is 5.91 Å². The van der Waals surface area contributed by atoms with Gasteiger partial charge in [0.25, 0.3) is 0 Å². The highest BCUT2D eigenvalue weighted by atomic mass is 19.4. The third-order valence-electron chi connectivity index (χ3n) is 2.16. The Labute approximate surface area is 110 Å². The summed E-state index contributed by atoms with van der Waals surface area (Å²) in [5.41, 5.74) is -0.848. The first kappa shape index (κ1) is 15.3. The molecule has 106 valence electrons. The zero-order valence-corrected chi connectivity index (χ0v) is 11.1. The van der Waals surface area contributed by atoms with E-state index in [2.05, 4.69) is 10.6 Å². The van der Waals surface area contributed by atoms with Crippen molar-refractivity contribution in [3.05, 3.63) is 29.8 Å². The van der Waals surface area contributed by atoms with Crippen molar-refractivity contribution in [1.29, 1.82) is 0 Å². The van der Waals surface area contributed by atoms with Gasteiger partial charge in [-0.2, -0.15) is 13.2 Å². The van der Waals surface area contributed by atoms with E-state index in [-0.39, 0.29) is 23.7 Å². The van der Waals surface area contributed by atoms with Crippen LogP contribution in [0.15, 0.2) is 24.3 Å². The van der Waals surface area contributed by atoms with Gasteiger partial charge in [0.05, 0.1) is 12.1 Å². The molecule has 0 aliphatic carbocycles. The number of hydrogen-bond acceptors (Lipinski definition) is 2. The van der Waals surface area contributed by atoms with E-state index in [0.717, 1.165) is 12.1 Å². The monoisotopic (exact) mass is 274 g/mol. The highest BCUT2D eigenvalue weighted by molar-refractivity contribution is 5.81. The zero-order valence-electron chi connectivity index (χ0n) is 11.1. The van der Waals surface area contributed by atoms with E-state index in [9.17, 15) is 18.0 Å². The fourth-order valence-corrected chi connectivity index (χ4v) is 1.45. The molecule has 0 aliphatic heterocycles. The summed E-state index contributed by atoms with van der Waals surface area (Å²) in [5, 5.41) is 5.38. The molecule has 0 bridgehead atoms. The zero-order chi connectivity index (χ0) is 14.7. The third-order valence-corrected chi connectivity index (χ3v) is 2.16. The van der Waals surface area contributed by atoms with Gasteiger partial charge in [0.1, 0.15) is 0 Å². The van der Waals surface area contributed by atoms with Crippen LogP contribution in [-0.2, 0) is 11.0 Å². The Balaban J connectivity index is 2.62. The van der Waals surface area contributed by atoms with Crippen molar-refractivity contribution in [1.82, 2.24) is 5.32 Å². The second kappa shape index (κ2) is 5.50. The summed E-state index contributed by atoms with van der Waals surface area (Å²) >= 11 is 0. The molecule has 1 aromatic carbocycles. The van der Waals surface area contributed by atoms with Gasteiger partial charge in [-0.1, -0.05) is 6.07 Å². The minimum absolute atomic E-state index is 0.0709. The minimum Gasteiger partial charge on any atom is -0.376 e. The maximum Gasteiger partial charge on any atom is 0.416 e. The number of halogens is 3. The first-order valence-electron chi connectivity index (χ1n) is 5.80. The first-order chi connectivity index (χ1) is 8.58. The fourth-order valence-electron chi connectivity index (χ4n) is 1.45. The van der Waals surface area contributed by atoms with Crippen LogP contribution in [0.4, 0.5) is 18.9 Å². The Bertz CT molecular complexity index is 450. The lowest BCUT2D eigenvalue weighted by Crippen LogP contribution is -2.43. The van der Waals surface area contributed by atoms with Crippen molar-refractivity contribution in [3.8, 4) is 0 Å². The van der Waals surface area contributed by atoms with Crippen LogP contribution < -0.4 is 10.6 Å². The molecule has 0 atom stereocenters. The van der Waals surface area contributed by atoms with Crippen LogP contribution in [-0.4, -0.2) is 18.0 Å². The molecule has 0 unspecified atom stereocenters. The molecular formula is C13H17F3N2O. The Kier molecular flexibility index (Phi) is 4.44. The average molecular weight is 274 g/mol. The molecule has 19 heavy (non-hydrogen) atoms. The minimum atomic E-state index is -4.38. The Morgan fingerprint density at radius 2 is 1.84 bits per heavy atom. The molecule has 0 aromatic heterocycles. The molecule has 1 aromatic rings. The van der Waals surface area contributed by atoms with Gasteiger partial charge in [-0.25, -0.2) is 0 Å². The normalized spacial score (nSPS) is 12.1. The molecule has 1 rings (SSSR count). The van der Waals surface area contributed by atoms with E-state index < -0.39 is 11.7 Å². The lowest BCUT2D eigenvalue weighted by atomic mass is 10.1. The quantitative estimate of drug-likeness (QED) is 0.889. The fraction of sp³-hybridized carbons (Fsp3) is 0.462. The van der Waals surface area contributed by atoms with Crippen molar-refractivity contribution >= 4 is 11.6 Å². The molecule has 0 fully saturated rings. The van der Waals surface area contributed by atoms with E-state index in [0.29, 0.717) is 0 Å². The number of benzene rings is 1. The first-order valence-corrected chi connectivity index (χ1v) is 5.80. The second-order valence-corrected chi connectivity index (χ2v) is 5.23. The van der Waals surface area contributed by atoms with Gasteiger partial charge < -0.3 is 10.6 Å². The van der Waals surface area contributed by atoms with Gasteiger partial charge >= 0.3 is 6.18 Å². The van der Waals surface area contributed by atoms with E-state index in [1.165, 1.54) is 12.1 Å². The van der Waals surface area contributed by atoms with Crippen LogP contribution in [0.25, 0.3) is 0 Å². The standard InChI is InChI=1S/C13H17F3N2O/c1-12(2,3)18-11(19)8-17-10-6-4-5-9(7-10)13(14,15)16/h4-7,17H,8H2,1-3H3,(H,18,19). The average Bonchev–Trinajstić information content (AvgIpc) is 2.23. The van der Waals surface area contributed by atoms with Gasteiger partial charge in [0, 0.05) is 11.2 Å². The Morgan fingerprint density at radius 3 is 2.37 bits per heavy atom. The van der Waals surface area contributed by atoms with Crippen molar-refractivity contribution in [3.63, 3.8) is 0 Å². The Hall–Kier alpha value is -1.72. The van der Waals surface area contributed by atoms with E-state index in [4.69, 9.17) is 0 Å². The summed E-state index contributed by atoms with van der Waals surface area (Å²) < 4.78 is 37.4. The van der Waals surface area contributed by atoms with Crippen molar-refractivity contribution < 1.29 is 18.0 Å². The molecule has 6 heteroatoms. The molecule has 0 radical (unpaired) electrons.